The zero-order chi connectivity index (χ0) is 11.7. The van der Waals surface area contributed by atoms with Crippen molar-refractivity contribution in [2.75, 3.05) is 6.54 Å². The molecule has 1 heterocycles. The molecule has 1 aliphatic heterocycles. The average molecular weight is 213 g/mol. The third-order valence-electron chi connectivity index (χ3n) is 2.55. The van der Waals surface area contributed by atoms with Gasteiger partial charge in [0, 0.05) is 6.54 Å². The maximum absolute atomic E-state index is 11.8. The third-order valence-corrected chi connectivity index (χ3v) is 2.55. The first-order valence-corrected chi connectivity index (χ1v) is 5.25. The predicted octanol–water partition coefficient (Wildman–Crippen LogP) is 1.97. The van der Waals surface area contributed by atoms with E-state index in [-0.39, 0.29) is 0 Å². The van der Waals surface area contributed by atoms with Crippen molar-refractivity contribution in [3.63, 3.8) is 0 Å². The first-order valence-electron chi connectivity index (χ1n) is 5.25. The number of amides is 1. The van der Waals surface area contributed by atoms with Crippen molar-refractivity contribution in [3.8, 4) is 0 Å². The fourth-order valence-electron chi connectivity index (χ4n) is 1.72. The summed E-state index contributed by atoms with van der Waals surface area (Å²) in [6.45, 7) is 7.83. The van der Waals surface area contributed by atoms with Crippen molar-refractivity contribution < 1.29 is 14.3 Å². The summed E-state index contributed by atoms with van der Waals surface area (Å²) in [5.41, 5.74) is -1.19. The molecule has 0 aromatic heterocycles. The van der Waals surface area contributed by atoms with Crippen LogP contribution in [0.2, 0.25) is 0 Å². The van der Waals surface area contributed by atoms with Crippen LogP contribution in [0.4, 0.5) is 4.79 Å². The zero-order valence-corrected chi connectivity index (χ0v) is 9.87. The fraction of sp³-hybridized carbons (Fsp3) is 0.818. The highest BCUT2D eigenvalue weighted by atomic mass is 16.6. The van der Waals surface area contributed by atoms with Crippen molar-refractivity contribution in [1.82, 2.24) is 4.90 Å². The Morgan fingerprint density at radius 1 is 1.47 bits per heavy atom. The molecule has 1 saturated heterocycles. The average Bonchev–Trinajstić information content (AvgIpc) is 2.45. The molecule has 0 aliphatic carbocycles. The zero-order valence-electron chi connectivity index (χ0n) is 9.87. The number of rotatable bonds is 1. The Balaban J connectivity index is 2.72. The van der Waals surface area contributed by atoms with Crippen LogP contribution in [0.3, 0.4) is 0 Å². The number of hydrogen-bond acceptors (Lipinski definition) is 3. The highest BCUT2D eigenvalue weighted by molar-refractivity contribution is 5.77. The van der Waals surface area contributed by atoms with Gasteiger partial charge < -0.3 is 9.53 Å². The van der Waals surface area contributed by atoms with Crippen LogP contribution >= 0.6 is 0 Å². The standard InChI is InChI=1S/C11H19NO3/c1-10(2,3)15-9(14)12-7-5-6-11(12,4)8-13/h8H,5-7H2,1-4H3/t11-/m1/s1. The first-order chi connectivity index (χ1) is 6.78. The summed E-state index contributed by atoms with van der Waals surface area (Å²) in [6, 6.07) is 0. The van der Waals surface area contributed by atoms with E-state index < -0.39 is 17.2 Å². The van der Waals surface area contributed by atoms with E-state index in [4.69, 9.17) is 4.74 Å². The van der Waals surface area contributed by atoms with Crippen molar-refractivity contribution in [2.45, 2.75) is 51.7 Å². The van der Waals surface area contributed by atoms with E-state index in [9.17, 15) is 9.59 Å². The molecule has 1 atom stereocenters. The molecule has 0 aromatic carbocycles. The van der Waals surface area contributed by atoms with E-state index >= 15 is 0 Å². The van der Waals surface area contributed by atoms with E-state index in [0.29, 0.717) is 6.54 Å². The molecule has 86 valence electrons. The molecule has 1 aliphatic rings. The van der Waals surface area contributed by atoms with Crippen molar-refractivity contribution in [3.05, 3.63) is 0 Å². The quantitative estimate of drug-likeness (QED) is 0.626. The summed E-state index contributed by atoms with van der Waals surface area (Å²) < 4.78 is 5.25. The van der Waals surface area contributed by atoms with E-state index in [0.717, 1.165) is 19.1 Å². The van der Waals surface area contributed by atoms with E-state index in [1.54, 1.807) is 6.92 Å². The van der Waals surface area contributed by atoms with Gasteiger partial charge in [-0.05, 0) is 40.5 Å². The number of likely N-dealkylation sites (tertiary alicyclic amines) is 1. The second-order valence-corrected chi connectivity index (χ2v) is 5.21. The number of aldehydes is 1. The Labute approximate surface area is 90.6 Å². The minimum Gasteiger partial charge on any atom is -0.444 e. The lowest BCUT2D eigenvalue weighted by Crippen LogP contribution is -2.48. The van der Waals surface area contributed by atoms with E-state index in [1.807, 2.05) is 20.8 Å². The van der Waals surface area contributed by atoms with Gasteiger partial charge in [0.05, 0.1) is 5.54 Å². The lowest BCUT2D eigenvalue weighted by molar-refractivity contribution is -0.116. The van der Waals surface area contributed by atoms with Gasteiger partial charge in [-0.25, -0.2) is 4.79 Å². The molecule has 4 heteroatoms. The second kappa shape index (κ2) is 3.83. The lowest BCUT2D eigenvalue weighted by atomic mass is 10.0. The van der Waals surface area contributed by atoms with Crippen LogP contribution in [0.25, 0.3) is 0 Å². The van der Waals surface area contributed by atoms with Crippen LogP contribution in [0, 0.1) is 0 Å². The van der Waals surface area contributed by atoms with Gasteiger partial charge in [-0.3, -0.25) is 4.90 Å². The molecule has 0 bridgehead atoms. The summed E-state index contributed by atoms with van der Waals surface area (Å²) in [6.07, 6.45) is 2.02. The molecule has 1 fully saturated rings. The predicted molar refractivity (Wildman–Crippen MR) is 56.6 cm³/mol. The molecule has 1 rings (SSSR count). The summed E-state index contributed by atoms with van der Waals surface area (Å²) in [5.74, 6) is 0. The minimum atomic E-state index is -0.678. The maximum Gasteiger partial charge on any atom is 0.411 e. The first kappa shape index (κ1) is 12.0. The maximum atomic E-state index is 11.8. The molecule has 0 aromatic rings. The van der Waals surface area contributed by atoms with Crippen LogP contribution in [-0.4, -0.2) is 35.0 Å². The topological polar surface area (TPSA) is 46.6 Å². The Hall–Kier alpha value is -1.06. The molecule has 0 spiro atoms. The van der Waals surface area contributed by atoms with Gasteiger partial charge in [-0.1, -0.05) is 0 Å². The SMILES string of the molecule is CC(C)(C)OC(=O)N1CCC[C@]1(C)C=O. The van der Waals surface area contributed by atoms with Crippen LogP contribution in [0.15, 0.2) is 0 Å². The number of ether oxygens (including phenoxy) is 1. The van der Waals surface area contributed by atoms with Gasteiger partial charge in [-0.2, -0.15) is 0 Å². The summed E-state index contributed by atoms with van der Waals surface area (Å²) in [5, 5.41) is 0. The molecular weight excluding hydrogens is 194 g/mol. The number of nitrogens with zero attached hydrogens (tertiary/aromatic N) is 1. The largest absolute Gasteiger partial charge is 0.444 e. The molecule has 0 unspecified atom stereocenters. The highest BCUT2D eigenvalue weighted by Gasteiger charge is 2.41. The normalized spacial score (nSPS) is 26.5. The molecule has 1 amide bonds. The summed E-state index contributed by atoms with van der Waals surface area (Å²) in [7, 11) is 0. The Bertz CT molecular complexity index is 269. The number of hydrogen-bond donors (Lipinski definition) is 0. The van der Waals surface area contributed by atoms with Gasteiger partial charge in [0.15, 0.2) is 0 Å². The number of carbonyl (C=O) groups is 2. The van der Waals surface area contributed by atoms with Gasteiger partial charge in [0.2, 0.25) is 0 Å². The van der Waals surface area contributed by atoms with Crippen LogP contribution in [0.1, 0.15) is 40.5 Å². The van der Waals surface area contributed by atoms with E-state index in [1.165, 1.54) is 4.90 Å². The Morgan fingerprint density at radius 3 is 2.53 bits per heavy atom. The Kier molecular flexibility index (Phi) is 3.07. The summed E-state index contributed by atoms with van der Waals surface area (Å²) >= 11 is 0. The van der Waals surface area contributed by atoms with E-state index in [2.05, 4.69) is 0 Å². The minimum absolute atomic E-state index is 0.394. The van der Waals surface area contributed by atoms with Crippen molar-refractivity contribution >= 4 is 12.4 Å². The molecule has 4 nitrogen and oxygen atoms in total. The lowest BCUT2D eigenvalue weighted by Gasteiger charge is -2.32. The number of carbonyl (C=O) groups excluding carboxylic acids is 2. The van der Waals surface area contributed by atoms with Crippen molar-refractivity contribution in [2.24, 2.45) is 0 Å². The highest BCUT2D eigenvalue weighted by Crippen LogP contribution is 2.28. The summed E-state index contributed by atoms with van der Waals surface area (Å²) in [4.78, 5) is 24.3. The Morgan fingerprint density at radius 2 is 2.07 bits per heavy atom. The van der Waals surface area contributed by atoms with Crippen molar-refractivity contribution in [1.29, 1.82) is 0 Å². The van der Waals surface area contributed by atoms with Crippen LogP contribution < -0.4 is 0 Å². The third kappa shape index (κ3) is 2.70. The molecule has 15 heavy (non-hydrogen) atoms. The molecule has 0 saturated carbocycles. The van der Waals surface area contributed by atoms with Crippen LogP contribution in [-0.2, 0) is 9.53 Å². The second-order valence-electron chi connectivity index (χ2n) is 5.21. The van der Waals surface area contributed by atoms with Gasteiger partial charge in [0.1, 0.15) is 11.9 Å². The van der Waals surface area contributed by atoms with Gasteiger partial charge in [0.25, 0.3) is 0 Å². The molecule has 0 N–H and O–H groups in total. The van der Waals surface area contributed by atoms with Gasteiger partial charge in [-0.15, -0.1) is 0 Å². The smallest absolute Gasteiger partial charge is 0.411 e. The van der Waals surface area contributed by atoms with Gasteiger partial charge >= 0.3 is 6.09 Å². The van der Waals surface area contributed by atoms with Crippen LogP contribution in [0.5, 0.6) is 0 Å². The molecular formula is C11H19NO3. The fourth-order valence-corrected chi connectivity index (χ4v) is 1.72. The molecule has 0 radical (unpaired) electrons. The monoisotopic (exact) mass is 213 g/mol.